The molecule has 1 aromatic heterocycles. The second kappa shape index (κ2) is 8.30. The highest BCUT2D eigenvalue weighted by molar-refractivity contribution is 5.80. The maximum atomic E-state index is 12.3. The first-order chi connectivity index (χ1) is 12.1. The average Bonchev–Trinajstić information content (AvgIpc) is 3.36. The summed E-state index contributed by atoms with van der Waals surface area (Å²) in [6.07, 6.45) is 3.70. The first-order valence-corrected chi connectivity index (χ1v) is 9.01. The topological polar surface area (TPSA) is 55.6 Å². The predicted octanol–water partition coefficient (Wildman–Crippen LogP) is 3.55. The molecule has 1 atom stereocenters. The van der Waals surface area contributed by atoms with Gasteiger partial charge in [0.15, 0.2) is 0 Å². The highest BCUT2D eigenvalue weighted by Crippen LogP contribution is 2.29. The normalized spacial score (nSPS) is 15.1. The van der Waals surface area contributed by atoms with E-state index in [2.05, 4.69) is 5.16 Å². The molecule has 1 saturated carbocycles. The average molecular weight is 342 g/mol. The van der Waals surface area contributed by atoms with Gasteiger partial charge in [0.05, 0.1) is 6.61 Å². The third-order valence-corrected chi connectivity index (χ3v) is 4.55. The number of carbonyl (C=O) groups is 1. The summed E-state index contributed by atoms with van der Waals surface area (Å²) in [5.41, 5.74) is 1.90. The van der Waals surface area contributed by atoms with E-state index in [-0.39, 0.29) is 12.0 Å². The van der Waals surface area contributed by atoms with Gasteiger partial charge in [0.25, 0.3) is 5.91 Å². The van der Waals surface area contributed by atoms with Crippen molar-refractivity contribution in [3.8, 4) is 11.3 Å². The molecule has 0 N–H and O–H groups in total. The zero-order valence-electron chi connectivity index (χ0n) is 15.0. The zero-order valence-corrected chi connectivity index (χ0v) is 15.0. The Morgan fingerprint density at radius 3 is 2.84 bits per heavy atom. The van der Waals surface area contributed by atoms with Gasteiger partial charge in [-0.3, -0.25) is 4.79 Å². The van der Waals surface area contributed by atoms with Crippen LogP contribution in [-0.2, 0) is 16.0 Å². The Labute approximate surface area is 148 Å². The van der Waals surface area contributed by atoms with Crippen LogP contribution < -0.4 is 0 Å². The van der Waals surface area contributed by atoms with Gasteiger partial charge < -0.3 is 14.2 Å². The van der Waals surface area contributed by atoms with Gasteiger partial charge in [-0.1, -0.05) is 35.5 Å². The summed E-state index contributed by atoms with van der Waals surface area (Å²) < 4.78 is 11.0. The molecule has 134 valence electrons. The van der Waals surface area contributed by atoms with Crippen molar-refractivity contribution in [2.24, 2.45) is 5.92 Å². The number of benzene rings is 1. The number of nitrogens with zero attached hydrogens (tertiary/aromatic N) is 2. The van der Waals surface area contributed by atoms with Crippen LogP contribution in [0.25, 0.3) is 11.3 Å². The Bertz CT molecular complexity index is 679. The van der Waals surface area contributed by atoms with Gasteiger partial charge in [-0.05, 0) is 32.1 Å². The lowest BCUT2D eigenvalue weighted by Gasteiger charge is -2.21. The van der Waals surface area contributed by atoms with Crippen molar-refractivity contribution in [1.82, 2.24) is 10.1 Å². The van der Waals surface area contributed by atoms with E-state index in [4.69, 9.17) is 9.26 Å². The molecule has 1 fully saturated rings. The molecule has 1 heterocycles. The van der Waals surface area contributed by atoms with Crippen LogP contribution in [-0.4, -0.2) is 42.3 Å². The Morgan fingerprint density at radius 2 is 2.12 bits per heavy atom. The van der Waals surface area contributed by atoms with Gasteiger partial charge in [0.1, 0.15) is 17.6 Å². The van der Waals surface area contributed by atoms with Crippen LogP contribution in [0.4, 0.5) is 0 Å². The zero-order chi connectivity index (χ0) is 17.6. The third kappa shape index (κ3) is 5.16. The number of aryl methyl sites for hydroxylation is 1. The Balaban J connectivity index is 1.41. The summed E-state index contributed by atoms with van der Waals surface area (Å²) in [5.74, 6) is 1.56. The molecule has 2 aromatic rings. The summed E-state index contributed by atoms with van der Waals surface area (Å²) in [7, 11) is 1.83. The van der Waals surface area contributed by atoms with Crippen LogP contribution in [0.1, 0.15) is 31.9 Å². The van der Waals surface area contributed by atoms with E-state index in [1.54, 1.807) is 4.90 Å². The fourth-order valence-electron chi connectivity index (χ4n) is 2.72. The molecule has 5 nitrogen and oxygen atoms in total. The maximum Gasteiger partial charge on any atom is 0.251 e. The van der Waals surface area contributed by atoms with Crippen LogP contribution in [0, 0.1) is 5.92 Å². The fraction of sp³-hybridized carbons (Fsp3) is 0.500. The van der Waals surface area contributed by atoms with Crippen molar-refractivity contribution in [1.29, 1.82) is 0 Å². The highest BCUT2D eigenvalue weighted by Gasteiger charge is 2.25. The van der Waals surface area contributed by atoms with Gasteiger partial charge in [0, 0.05) is 31.6 Å². The minimum absolute atomic E-state index is 0.0446. The summed E-state index contributed by atoms with van der Waals surface area (Å²) in [4.78, 5) is 14.0. The van der Waals surface area contributed by atoms with E-state index in [9.17, 15) is 4.79 Å². The molecule has 0 bridgehead atoms. The maximum absolute atomic E-state index is 12.3. The van der Waals surface area contributed by atoms with E-state index >= 15 is 0 Å². The van der Waals surface area contributed by atoms with Crippen LogP contribution >= 0.6 is 0 Å². The summed E-state index contributed by atoms with van der Waals surface area (Å²) in [5, 5.41) is 4.12. The number of hydrogen-bond acceptors (Lipinski definition) is 4. The van der Waals surface area contributed by atoms with E-state index in [1.165, 1.54) is 12.8 Å². The number of amides is 1. The van der Waals surface area contributed by atoms with E-state index in [0.29, 0.717) is 19.1 Å². The van der Waals surface area contributed by atoms with Crippen LogP contribution in [0.5, 0.6) is 0 Å². The molecule has 0 spiro atoms. The molecule has 0 radical (unpaired) electrons. The van der Waals surface area contributed by atoms with Crippen molar-refractivity contribution in [2.75, 3.05) is 20.2 Å². The van der Waals surface area contributed by atoms with Gasteiger partial charge in [0.2, 0.25) is 0 Å². The number of rotatable bonds is 9. The molecule has 1 amide bonds. The second-order valence-corrected chi connectivity index (χ2v) is 6.83. The molecule has 0 aliphatic heterocycles. The Morgan fingerprint density at radius 1 is 1.36 bits per heavy atom. The first kappa shape index (κ1) is 17.7. The van der Waals surface area contributed by atoms with Crippen LogP contribution in [0.15, 0.2) is 40.9 Å². The summed E-state index contributed by atoms with van der Waals surface area (Å²) in [6.45, 7) is 3.22. The van der Waals surface area contributed by atoms with Gasteiger partial charge in [-0.2, -0.15) is 0 Å². The van der Waals surface area contributed by atoms with Gasteiger partial charge in [-0.25, -0.2) is 0 Å². The molecule has 0 unspecified atom stereocenters. The van der Waals surface area contributed by atoms with Crippen LogP contribution in [0.3, 0.4) is 0 Å². The molecular weight excluding hydrogens is 316 g/mol. The van der Waals surface area contributed by atoms with E-state index in [1.807, 2.05) is 50.4 Å². The molecule has 5 heteroatoms. The van der Waals surface area contributed by atoms with Gasteiger partial charge in [-0.15, -0.1) is 0 Å². The van der Waals surface area contributed by atoms with Gasteiger partial charge >= 0.3 is 0 Å². The number of likely N-dealkylation sites (N-methyl/N-ethyl adjacent to an activating group) is 1. The van der Waals surface area contributed by atoms with Crippen molar-refractivity contribution in [3.05, 3.63) is 42.2 Å². The quantitative estimate of drug-likeness (QED) is 0.699. The Hall–Kier alpha value is -2.14. The number of hydrogen-bond donors (Lipinski definition) is 0. The molecule has 1 aliphatic rings. The van der Waals surface area contributed by atoms with E-state index < -0.39 is 0 Å². The smallest absolute Gasteiger partial charge is 0.251 e. The van der Waals surface area contributed by atoms with Crippen molar-refractivity contribution < 1.29 is 14.1 Å². The minimum atomic E-state index is -0.361. The molecule has 1 aromatic carbocycles. The highest BCUT2D eigenvalue weighted by atomic mass is 16.5. The lowest BCUT2D eigenvalue weighted by molar-refractivity contribution is -0.141. The Kier molecular flexibility index (Phi) is 5.87. The summed E-state index contributed by atoms with van der Waals surface area (Å²) >= 11 is 0. The molecule has 25 heavy (non-hydrogen) atoms. The molecular formula is C20H26N2O3. The molecule has 1 aliphatic carbocycles. The SMILES string of the molecule is C[C@@H](OCC1CC1)C(=O)N(C)CCCc1cc(-c2ccccc2)no1. The monoisotopic (exact) mass is 342 g/mol. The van der Waals surface area contributed by atoms with Crippen molar-refractivity contribution in [3.63, 3.8) is 0 Å². The minimum Gasteiger partial charge on any atom is -0.368 e. The lowest BCUT2D eigenvalue weighted by atomic mass is 10.1. The largest absolute Gasteiger partial charge is 0.368 e. The lowest BCUT2D eigenvalue weighted by Crippen LogP contribution is -2.37. The summed E-state index contributed by atoms with van der Waals surface area (Å²) in [6, 6.07) is 11.9. The molecule has 0 saturated heterocycles. The van der Waals surface area contributed by atoms with Crippen LogP contribution in [0.2, 0.25) is 0 Å². The first-order valence-electron chi connectivity index (χ1n) is 9.01. The van der Waals surface area contributed by atoms with Crippen molar-refractivity contribution in [2.45, 2.75) is 38.7 Å². The predicted molar refractivity (Wildman–Crippen MR) is 96.0 cm³/mol. The van der Waals surface area contributed by atoms with Crippen molar-refractivity contribution >= 4 is 5.91 Å². The number of carbonyl (C=O) groups excluding carboxylic acids is 1. The fourth-order valence-corrected chi connectivity index (χ4v) is 2.72. The third-order valence-electron chi connectivity index (χ3n) is 4.55. The standard InChI is InChI=1S/C20H26N2O3/c1-15(24-14-16-10-11-16)20(23)22(2)12-6-9-18-13-19(21-25-18)17-7-4-3-5-8-17/h3-5,7-8,13,15-16H,6,9-12,14H2,1-2H3/t15-/m1/s1. The number of ether oxygens (including phenoxy) is 1. The van der Waals surface area contributed by atoms with E-state index in [0.717, 1.165) is 29.9 Å². The molecule has 3 rings (SSSR count). The number of aromatic nitrogens is 1. The second-order valence-electron chi connectivity index (χ2n) is 6.83.